The third kappa shape index (κ3) is 2.31. The number of hydrogen-bond acceptors (Lipinski definition) is 1. The maximum absolute atomic E-state index is 6.05. The largest absolute Gasteiger partial charge is 0.256 e. The average Bonchev–Trinajstić information content (AvgIpc) is 2.30. The van der Waals surface area contributed by atoms with Gasteiger partial charge in [-0.1, -0.05) is 41.9 Å². The van der Waals surface area contributed by atoms with E-state index < -0.39 is 0 Å². The Morgan fingerprint density at radius 1 is 1.13 bits per heavy atom. The van der Waals surface area contributed by atoms with Gasteiger partial charge in [-0.3, -0.25) is 4.98 Å². The third-order valence-electron chi connectivity index (χ3n) is 2.14. The lowest BCUT2D eigenvalue weighted by molar-refractivity contribution is 1.25. The highest BCUT2D eigenvalue weighted by Crippen LogP contribution is 2.23. The standard InChI is InChI=1S/C12H9Cl2N/c13-7-10-8-15-12(6-11(10)14)9-4-2-1-3-5-9/h1-6,8H,7H2. The first-order chi connectivity index (χ1) is 7.31. The molecule has 3 heteroatoms. The molecule has 0 aliphatic rings. The number of aromatic nitrogens is 1. The molecule has 15 heavy (non-hydrogen) atoms. The minimum atomic E-state index is 0.390. The smallest absolute Gasteiger partial charge is 0.0717 e. The molecule has 2 aromatic rings. The lowest BCUT2D eigenvalue weighted by atomic mass is 10.1. The van der Waals surface area contributed by atoms with E-state index in [0.717, 1.165) is 16.8 Å². The summed E-state index contributed by atoms with van der Waals surface area (Å²) in [7, 11) is 0. The van der Waals surface area contributed by atoms with E-state index in [4.69, 9.17) is 23.2 Å². The van der Waals surface area contributed by atoms with Crippen molar-refractivity contribution in [2.24, 2.45) is 0 Å². The maximum Gasteiger partial charge on any atom is 0.0717 e. The monoisotopic (exact) mass is 237 g/mol. The van der Waals surface area contributed by atoms with Crippen molar-refractivity contribution >= 4 is 23.2 Å². The Morgan fingerprint density at radius 2 is 1.87 bits per heavy atom. The summed E-state index contributed by atoms with van der Waals surface area (Å²) in [5.41, 5.74) is 2.79. The summed E-state index contributed by atoms with van der Waals surface area (Å²) in [6.45, 7) is 0. The number of benzene rings is 1. The molecule has 1 heterocycles. The first-order valence-corrected chi connectivity index (χ1v) is 5.48. The fourth-order valence-corrected chi connectivity index (χ4v) is 1.82. The SMILES string of the molecule is ClCc1cnc(-c2ccccc2)cc1Cl. The van der Waals surface area contributed by atoms with E-state index in [1.54, 1.807) is 6.20 Å². The summed E-state index contributed by atoms with van der Waals surface area (Å²) in [4.78, 5) is 4.31. The van der Waals surface area contributed by atoms with E-state index in [1.165, 1.54) is 0 Å². The van der Waals surface area contributed by atoms with E-state index in [2.05, 4.69) is 4.98 Å². The lowest BCUT2D eigenvalue weighted by Gasteiger charge is -2.03. The molecule has 0 spiro atoms. The molecular weight excluding hydrogens is 229 g/mol. The van der Waals surface area contributed by atoms with Gasteiger partial charge in [0, 0.05) is 22.3 Å². The molecule has 0 aliphatic carbocycles. The fraction of sp³-hybridized carbons (Fsp3) is 0.0833. The zero-order valence-corrected chi connectivity index (χ0v) is 9.46. The summed E-state index contributed by atoms with van der Waals surface area (Å²) in [5, 5.41) is 0.666. The molecule has 0 saturated carbocycles. The molecule has 0 radical (unpaired) electrons. The van der Waals surface area contributed by atoms with Gasteiger partial charge >= 0.3 is 0 Å². The Kier molecular flexibility index (Phi) is 3.24. The quantitative estimate of drug-likeness (QED) is 0.716. The van der Waals surface area contributed by atoms with Crippen LogP contribution in [0.3, 0.4) is 0 Å². The molecular formula is C12H9Cl2N. The molecule has 0 atom stereocenters. The molecule has 0 fully saturated rings. The highest BCUT2D eigenvalue weighted by Gasteiger charge is 2.03. The van der Waals surface area contributed by atoms with Crippen molar-refractivity contribution in [3.05, 3.63) is 53.2 Å². The highest BCUT2D eigenvalue weighted by atomic mass is 35.5. The van der Waals surface area contributed by atoms with Gasteiger partial charge in [0.25, 0.3) is 0 Å². The van der Waals surface area contributed by atoms with Gasteiger partial charge < -0.3 is 0 Å². The van der Waals surface area contributed by atoms with E-state index >= 15 is 0 Å². The van der Waals surface area contributed by atoms with Crippen molar-refractivity contribution in [1.29, 1.82) is 0 Å². The van der Waals surface area contributed by atoms with Gasteiger partial charge in [-0.15, -0.1) is 11.6 Å². The molecule has 1 aromatic carbocycles. The van der Waals surface area contributed by atoms with Crippen LogP contribution in [0.15, 0.2) is 42.6 Å². The Morgan fingerprint density at radius 3 is 2.47 bits per heavy atom. The molecule has 0 N–H and O–H groups in total. The van der Waals surface area contributed by atoms with E-state index in [9.17, 15) is 0 Å². The van der Waals surface area contributed by atoms with Crippen LogP contribution in [0.4, 0.5) is 0 Å². The van der Waals surface area contributed by atoms with Crippen LogP contribution in [-0.4, -0.2) is 4.98 Å². The zero-order valence-electron chi connectivity index (χ0n) is 7.95. The minimum Gasteiger partial charge on any atom is -0.256 e. The van der Waals surface area contributed by atoms with Crippen LogP contribution in [0, 0.1) is 0 Å². The zero-order chi connectivity index (χ0) is 10.7. The van der Waals surface area contributed by atoms with Crippen LogP contribution in [0.5, 0.6) is 0 Å². The predicted molar refractivity (Wildman–Crippen MR) is 64.2 cm³/mol. The molecule has 0 saturated heterocycles. The Bertz CT molecular complexity index is 454. The number of hydrogen-bond donors (Lipinski definition) is 0. The van der Waals surface area contributed by atoms with Gasteiger partial charge in [0.2, 0.25) is 0 Å². The summed E-state index contributed by atoms with van der Waals surface area (Å²) in [6.07, 6.45) is 1.72. The molecule has 0 bridgehead atoms. The van der Waals surface area contributed by atoms with Gasteiger partial charge in [-0.25, -0.2) is 0 Å². The van der Waals surface area contributed by atoms with Crippen molar-refractivity contribution in [3.8, 4) is 11.3 Å². The summed E-state index contributed by atoms with van der Waals surface area (Å²) < 4.78 is 0. The minimum absolute atomic E-state index is 0.390. The number of rotatable bonds is 2. The summed E-state index contributed by atoms with van der Waals surface area (Å²) in [5.74, 6) is 0.390. The Hall–Kier alpha value is -1.05. The van der Waals surface area contributed by atoms with Crippen molar-refractivity contribution in [2.75, 3.05) is 0 Å². The Labute approximate surface area is 98.7 Å². The summed E-state index contributed by atoms with van der Waals surface area (Å²) in [6, 6.07) is 11.8. The van der Waals surface area contributed by atoms with Gasteiger partial charge in [0.05, 0.1) is 11.6 Å². The number of pyridine rings is 1. The first-order valence-electron chi connectivity index (χ1n) is 4.57. The topological polar surface area (TPSA) is 12.9 Å². The highest BCUT2D eigenvalue weighted by molar-refractivity contribution is 6.32. The molecule has 76 valence electrons. The lowest BCUT2D eigenvalue weighted by Crippen LogP contribution is -1.87. The van der Waals surface area contributed by atoms with Crippen molar-refractivity contribution in [1.82, 2.24) is 4.98 Å². The number of halogens is 2. The summed E-state index contributed by atoms with van der Waals surface area (Å²) >= 11 is 11.8. The second-order valence-electron chi connectivity index (χ2n) is 3.16. The second-order valence-corrected chi connectivity index (χ2v) is 3.84. The van der Waals surface area contributed by atoms with Crippen LogP contribution in [-0.2, 0) is 5.88 Å². The molecule has 0 unspecified atom stereocenters. The fourth-order valence-electron chi connectivity index (χ4n) is 1.32. The predicted octanol–water partition coefficient (Wildman–Crippen LogP) is 4.14. The number of alkyl halides is 1. The van der Waals surface area contributed by atoms with Gasteiger partial charge in [0.1, 0.15) is 0 Å². The van der Waals surface area contributed by atoms with E-state index in [0.29, 0.717) is 10.9 Å². The van der Waals surface area contributed by atoms with E-state index in [-0.39, 0.29) is 0 Å². The Balaban J connectivity index is 2.43. The van der Waals surface area contributed by atoms with Crippen molar-refractivity contribution in [2.45, 2.75) is 5.88 Å². The number of nitrogens with zero attached hydrogens (tertiary/aromatic N) is 1. The molecule has 0 aliphatic heterocycles. The molecule has 1 aromatic heterocycles. The first kappa shape index (κ1) is 10.5. The van der Waals surface area contributed by atoms with Crippen molar-refractivity contribution < 1.29 is 0 Å². The second kappa shape index (κ2) is 4.65. The molecule has 2 rings (SSSR count). The molecule has 0 amide bonds. The normalized spacial score (nSPS) is 10.3. The van der Waals surface area contributed by atoms with Crippen LogP contribution < -0.4 is 0 Å². The molecule has 1 nitrogen and oxygen atoms in total. The van der Waals surface area contributed by atoms with Crippen molar-refractivity contribution in [3.63, 3.8) is 0 Å². The average molecular weight is 238 g/mol. The van der Waals surface area contributed by atoms with Crippen LogP contribution in [0.1, 0.15) is 5.56 Å². The van der Waals surface area contributed by atoms with Gasteiger partial charge in [-0.05, 0) is 6.07 Å². The van der Waals surface area contributed by atoms with Gasteiger partial charge in [-0.2, -0.15) is 0 Å². The van der Waals surface area contributed by atoms with Crippen LogP contribution in [0.2, 0.25) is 5.02 Å². The third-order valence-corrected chi connectivity index (χ3v) is 2.78. The van der Waals surface area contributed by atoms with Crippen LogP contribution in [0.25, 0.3) is 11.3 Å². The van der Waals surface area contributed by atoms with Crippen LogP contribution >= 0.6 is 23.2 Å². The van der Waals surface area contributed by atoms with E-state index in [1.807, 2.05) is 36.4 Å². The van der Waals surface area contributed by atoms with Gasteiger partial charge in [0.15, 0.2) is 0 Å². The maximum atomic E-state index is 6.05.